The summed E-state index contributed by atoms with van der Waals surface area (Å²) in [5.74, 6) is 1.87. The molecule has 1 fully saturated rings. The largest absolute Gasteiger partial charge is 0.393 e. The van der Waals surface area contributed by atoms with Crippen LogP contribution in [0, 0.1) is 23.2 Å². The molecule has 0 bridgehead atoms. The van der Waals surface area contributed by atoms with Crippen LogP contribution in [0.5, 0.6) is 0 Å². The van der Waals surface area contributed by atoms with Crippen molar-refractivity contribution in [2.75, 3.05) is 0 Å². The summed E-state index contributed by atoms with van der Waals surface area (Å²) >= 11 is 0. The van der Waals surface area contributed by atoms with E-state index in [1.54, 1.807) is 0 Å². The first-order chi connectivity index (χ1) is 6.75. The number of rotatable bonds is 1. The molecule has 76 valence electrons. The van der Waals surface area contributed by atoms with Gasteiger partial charge in [-0.25, -0.2) is 0 Å². The fourth-order valence-electron chi connectivity index (χ4n) is 4.17. The molecule has 0 amide bonds. The Kier molecular flexibility index (Phi) is 1.70. The standard InChI is InChI=1S/C13H18O/c1-9(14)12-7-6-11-5-4-10-3-2-8-13(10,11)12/h2-5,9-12,14H,6-8H2,1H3. The summed E-state index contributed by atoms with van der Waals surface area (Å²) in [6.07, 6.45) is 13.0. The normalized spacial score (nSPS) is 50.9. The van der Waals surface area contributed by atoms with Gasteiger partial charge in [0.2, 0.25) is 0 Å². The monoisotopic (exact) mass is 190 g/mol. The van der Waals surface area contributed by atoms with Crippen molar-refractivity contribution in [2.24, 2.45) is 23.2 Å². The lowest BCUT2D eigenvalue weighted by Crippen LogP contribution is -2.37. The molecule has 14 heavy (non-hydrogen) atoms. The van der Waals surface area contributed by atoms with Crippen LogP contribution in [0.25, 0.3) is 0 Å². The van der Waals surface area contributed by atoms with Crippen LogP contribution in [0.15, 0.2) is 24.3 Å². The van der Waals surface area contributed by atoms with E-state index in [1.165, 1.54) is 19.3 Å². The molecule has 0 aromatic rings. The minimum absolute atomic E-state index is 0.137. The summed E-state index contributed by atoms with van der Waals surface area (Å²) < 4.78 is 0. The highest BCUT2D eigenvalue weighted by atomic mass is 16.3. The SMILES string of the molecule is CC(O)C1CCC2C=CC3C=CCC321. The smallest absolute Gasteiger partial charge is 0.0546 e. The Morgan fingerprint density at radius 3 is 2.93 bits per heavy atom. The molecule has 1 heteroatoms. The lowest BCUT2D eigenvalue weighted by molar-refractivity contribution is 0.0319. The second-order valence-corrected chi connectivity index (χ2v) is 5.19. The van der Waals surface area contributed by atoms with Gasteiger partial charge in [0.1, 0.15) is 0 Å². The number of hydrogen-bond donors (Lipinski definition) is 1. The Morgan fingerprint density at radius 1 is 1.29 bits per heavy atom. The van der Waals surface area contributed by atoms with Gasteiger partial charge in [-0.1, -0.05) is 24.3 Å². The minimum Gasteiger partial charge on any atom is -0.393 e. The van der Waals surface area contributed by atoms with Crippen LogP contribution in [-0.2, 0) is 0 Å². The molecule has 1 nitrogen and oxygen atoms in total. The molecule has 1 spiro atoms. The first kappa shape index (κ1) is 8.72. The summed E-state index contributed by atoms with van der Waals surface area (Å²) in [6, 6.07) is 0. The van der Waals surface area contributed by atoms with Crippen molar-refractivity contribution in [3.05, 3.63) is 24.3 Å². The van der Waals surface area contributed by atoms with Crippen molar-refractivity contribution in [2.45, 2.75) is 32.3 Å². The maximum Gasteiger partial charge on any atom is 0.0546 e. The molecule has 3 rings (SSSR count). The van der Waals surface area contributed by atoms with Crippen LogP contribution in [0.4, 0.5) is 0 Å². The molecular formula is C13H18O. The third-order valence-electron chi connectivity index (χ3n) is 4.74. The van der Waals surface area contributed by atoms with Crippen molar-refractivity contribution in [1.82, 2.24) is 0 Å². The Balaban J connectivity index is 2.00. The Morgan fingerprint density at radius 2 is 2.14 bits per heavy atom. The van der Waals surface area contributed by atoms with Gasteiger partial charge in [0, 0.05) is 5.92 Å². The fourth-order valence-corrected chi connectivity index (χ4v) is 4.17. The van der Waals surface area contributed by atoms with Crippen molar-refractivity contribution >= 4 is 0 Å². The zero-order valence-electron chi connectivity index (χ0n) is 8.69. The quantitative estimate of drug-likeness (QED) is 0.630. The van der Waals surface area contributed by atoms with Crippen molar-refractivity contribution in [1.29, 1.82) is 0 Å². The average Bonchev–Trinajstić information content (AvgIpc) is 2.71. The highest BCUT2D eigenvalue weighted by Crippen LogP contribution is 2.62. The van der Waals surface area contributed by atoms with Crippen LogP contribution in [-0.4, -0.2) is 11.2 Å². The number of aliphatic hydroxyl groups excluding tert-OH is 1. The van der Waals surface area contributed by atoms with Crippen molar-refractivity contribution in [3.8, 4) is 0 Å². The molecular weight excluding hydrogens is 172 g/mol. The summed E-state index contributed by atoms with van der Waals surface area (Å²) in [5.41, 5.74) is 0.383. The van der Waals surface area contributed by atoms with E-state index in [9.17, 15) is 5.11 Å². The van der Waals surface area contributed by atoms with Gasteiger partial charge in [0.25, 0.3) is 0 Å². The lowest BCUT2D eigenvalue weighted by Gasteiger charge is -2.38. The van der Waals surface area contributed by atoms with Gasteiger partial charge in [-0.05, 0) is 43.4 Å². The van der Waals surface area contributed by atoms with Crippen LogP contribution in [0.1, 0.15) is 26.2 Å². The highest BCUT2D eigenvalue weighted by Gasteiger charge is 2.56. The summed E-state index contributed by atoms with van der Waals surface area (Å²) in [4.78, 5) is 0. The zero-order chi connectivity index (χ0) is 9.76. The Bertz CT molecular complexity index is 302. The predicted molar refractivity (Wildman–Crippen MR) is 56.7 cm³/mol. The molecule has 0 aliphatic heterocycles. The molecule has 0 heterocycles. The van der Waals surface area contributed by atoms with Crippen LogP contribution >= 0.6 is 0 Å². The summed E-state index contributed by atoms with van der Waals surface area (Å²) in [5, 5.41) is 9.89. The molecule has 5 unspecified atom stereocenters. The second kappa shape index (κ2) is 2.73. The van der Waals surface area contributed by atoms with Crippen LogP contribution in [0.2, 0.25) is 0 Å². The molecule has 5 atom stereocenters. The maximum absolute atomic E-state index is 9.89. The van der Waals surface area contributed by atoms with Crippen molar-refractivity contribution in [3.63, 3.8) is 0 Å². The van der Waals surface area contributed by atoms with Gasteiger partial charge < -0.3 is 5.11 Å². The topological polar surface area (TPSA) is 20.2 Å². The molecule has 0 radical (unpaired) electrons. The van der Waals surface area contributed by atoms with E-state index in [0.29, 0.717) is 17.3 Å². The Labute approximate surface area is 85.5 Å². The number of allylic oxidation sites excluding steroid dienone is 4. The molecule has 0 aromatic heterocycles. The number of hydrogen-bond acceptors (Lipinski definition) is 1. The maximum atomic E-state index is 9.89. The molecule has 0 saturated heterocycles. The second-order valence-electron chi connectivity index (χ2n) is 5.19. The molecule has 0 aromatic carbocycles. The van der Waals surface area contributed by atoms with Crippen LogP contribution in [0.3, 0.4) is 0 Å². The van der Waals surface area contributed by atoms with Gasteiger partial charge in [0.05, 0.1) is 6.10 Å². The van der Waals surface area contributed by atoms with Crippen LogP contribution < -0.4 is 0 Å². The van der Waals surface area contributed by atoms with Gasteiger partial charge in [0.15, 0.2) is 0 Å². The van der Waals surface area contributed by atoms with E-state index >= 15 is 0 Å². The molecule has 1 saturated carbocycles. The summed E-state index contributed by atoms with van der Waals surface area (Å²) in [6.45, 7) is 1.97. The van der Waals surface area contributed by atoms with E-state index in [1.807, 2.05) is 6.92 Å². The zero-order valence-corrected chi connectivity index (χ0v) is 8.69. The number of aliphatic hydroxyl groups is 1. The average molecular weight is 190 g/mol. The fraction of sp³-hybridized carbons (Fsp3) is 0.692. The third kappa shape index (κ3) is 0.844. The van der Waals surface area contributed by atoms with Crippen molar-refractivity contribution < 1.29 is 5.11 Å². The third-order valence-corrected chi connectivity index (χ3v) is 4.74. The van der Waals surface area contributed by atoms with Gasteiger partial charge in [-0.3, -0.25) is 0 Å². The molecule has 3 aliphatic carbocycles. The highest BCUT2D eigenvalue weighted by molar-refractivity contribution is 5.29. The van der Waals surface area contributed by atoms with E-state index < -0.39 is 0 Å². The van der Waals surface area contributed by atoms with E-state index in [4.69, 9.17) is 0 Å². The van der Waals surface area contributed by atoms with Gasteiger partial charge >= 0.3 is 0 Å². The molecule has 1 N–H and O–H groups in total. The first-order valence-electron chi connectivity index (χ1n) is 5.78. The van der Waals surface area contributed by atoms with E-state index in [-0.39, 0.29) is 6.10 Å². The summed E-state index contributed by atoms with van der Waals surface area (Å²) in [7, 11) is 0. The molecule has 3 aliphatic rings. The van der Waals surface area contributed by atoms with E-state index in [0.717, 1.165) is 5.92 Å². The van der Waals surface area contributed by atoms with Gasteiger partial charge in [-0.15, -0.1) is 0 Å². The Hall–Kier alpha value is -0.560. The predicted octanol–water partition coefficient (Wildman–Crippen LogP) is 2.53. The van der Waals surface area contributed by atoms with Gasteiger partial charge in [-0.2, -0.15) is 0 Å². The van der Waals surface area contributed by atoms with E-state index in [2.05, 4.69) is 24.3 Å². The minimum atomic E-state index is -0.137. The first-order valence-corrected chi connectivity index (χ1v) is 5.78. The lowest BCUT2D eigenvalue weighted by atomic mass is 9.67.